The van der Waals surface area contributed by atoms with Crippen LogP contribution in [0.25, 0.3) is 0 Å². The third kappa shape index (κ3) is 5.68. The van der Waals surface area contributed by atoms with Gasteiger partial charge in [-0.1, -0.05) is 19.4 Å². The summed E-state index contributed by atoms with van der Waals surface area (Å²) in [5, 5.41) is 2.72. The Labute approximate surface area is 166 Å². The fraction of sp³-hybridized carbons (Fsp3) is 0.579. The first-order chi connectivity index (χ1) is 13.3. The predicted octanol–water partition coefficient (Wildman–Crippen LogP) is 1.69. The van der Waals surface area contributed by atoms with E-state index in [2.05, 4.69) is 5.32 Å². The third-order valence-corrected chi connectivity index (χ3v) is 6.74. The monoisotopic (exact) mass is 411 g/mol. The molecule has 2 amide bonds. The molecule has 8 nitrogen and oxygen atoms in total. The van der Waals surface area contributed by atoms with E-state index in [1.54, 1.807) is 31.2 Å². The van der Waals surface area contributed by atoms with Crippen molar-refractivity contribution in [3.8, 4) is 5.75 Å². The number of methoxy groups -OCH3 is 1. The Morgan fingerprint density at radius 3 is 2.75 bits per heavy atom. The molecule has 1 N–H and O–H groups in total. The van der Waals surface area contributed by atoms with Crippen molar-refractivity contribution in [2.45, 2.75) is 38.6 Å². The molecule has 0 radical (unpaired) electrons. The van der Waals surface area contributed by atoms with Crippen molar-refractivity contribution in [2.24, 2.45) is 0 Å². The summed E-state index contributed by atoms with van der Waals surface area (Å²) in [4.78, 5) is 26.5. The standard InChI is InChI=1S/C19H29N3O5S/c1-4-12-28(25,26)22-11-6-5-10-17(22)19(24)21(2)14-18(23)20-15-8-7-9-16(13-15)27-3/h7-9,13,17H,4-6,10-12,14H2,1-3H3,(H,20,23). The van der Waals surface area contributed by atoms with E-state index in [1.165, 1.54) is 23.4 Å². The van der Waals surface area contributed by atoms with Gasteiger partial charge in [-0.3, -0.25) is 9.59 Å². The van der Waals surface area contributed by atoms with E-state index in [9.17, 15) is 18.0 Å². The second-order valence-corrected chi connectivity index (χ2v) is 8.95. The highest BCUT2D eigenvalue weighted by Crippen LogP contribution is 2.23. The molecule has 1 unspecified atom stereocenters. The molecule has 1 aliphatic rings. The summed E-state index contributed by atoms with van der Waals surface area (Å²) in [7, 11) is -0.416. The number of amides is 2. The van der Waals surface area contributed by atoms with Gasteiger partial charge in [-0.05, 0) is 31.4 Å². The van der Waals surface area contributed by atoms with Gasteiger partial charge < -0.3 is 15.0 Å². The molecule has 0 aliphatic carbocycles. The van der Waals surface area contributed by atoms with Crippen molar-refractivity contribution in [3.63, 3.8) is 0 Å². The average molecular weight is 412 g/mol. The second-order valence-electron chi connectivity index (χ2n) is 6.91. The minimum atomic E-state index is -3.47. The van der Waals surface area contributed by atoms with Gasteiger partial charge in [-0.25, -0.2) is 8.42 Å². The van der Waals surface area contributed by atoms with Gasteiger partial charge in [0.15, 0.2) is 0 Å². The summed E-state index contributed by atoms with van der Waals surface area (Å²) in [6.07, 6.45) is 2.51. The van der Waals surface area contributed by atoms with Crippen molar-refractivity contribution in [3.05, 3.63) is 24.3 Å². The Morgan fingerprint density at radius 1 is 1.32 bits per heavy atom. The van der Waals surface area contributed by atoms with E-state index in [0.717, 1.165) is 12.8 Å². The van der Waals surface area contributed by atoms with Crippen LogP contribution in [0.15, 0.2) is 24.3 Å². The fourth-order valence-electron chi connectivity index (χ4n) is 3.31. The van der Waals surface area contributed by atoms with Crippen LogP contribution in [0.3, 0.4) is 0 Å². The molecule has 1 aromatic rings. The van der Waals surface area contributed by atoms with E-state index in [0.29, 0.717) is 30.8 Å². The van der Waals surface area contributed by atoms with Crippen molar-refractivity contribution in [1.82, 2.24) is 9.21 Å². The lowest BCUT2D eigenvalue weighted by atomic mass is 10.0. The first-order valence-corrected chi connectivity index (χ1v) is 11.1. The molecule has 1 saturated heterocycles. The van der Waals surface area contributed by atoms with Crippen LogP contribution in [0.5, 0.6) is 5.75 Å². The van der Waals surface area contributed by atoms with Crippen LogP contribution in [0.2, 0.25) is 0 Å². The highest BCUT2D eigenvalue weighted by Gasteiger charge is 2.37. The highest BCUT2D eigenvalue weighted by molar-refractivity contribution is 7.89. The number of carbonyl (C=O) groups is 2. The zero-order valence-electron chi connectivity index (χ0n) is 16.7. The Hall–Kier alpha value is -2.13. The van der Waals surface area contributed by atoms with Crippen LogP contribution >= 0.6 is 0 Å². The van der Waals surface area contributed by atoms with Gasteiger partial charge in [-0.2, -0.15) is 4.31 Å². The number of hydrogen-bond donors (Lipinski definition) is 1. The SMILES string of the molecule is CCCS(=O)(=O)N1CCCCC1C(=O)N(C)CC(=O)Nc1cccc(OC)c1. The zero-order valence-corrected chi connectivity index (χ0v) is 17.5. The summed E-state index contributed by atoms with van der Waals surface area (Å²) in [6, 6.07) is 6.18. The Balaban J connectivity index is 2.02. The molecular weight excluding hydrogens is 382 g/mol. The maximum atomic E-state index is 12.9. The quantitative estimate of drug-likeness (QED) is 0.702. The number of likely N-dealkylation sites (N-methyl/N-ethyl adjacent to an activating group) is 1. The number of nitrogens with zero attached hydrogens (tertiary/aromatic N) is 2. The molecule has 156 valence electrons. The van der Waals surface area contributed by atoms with Gasteiger partial charge in [0, 0.05) is 25.3 Å². The first kappa shape index (κ1) is 22.2. The number of carbonyl (C=O) groups excluding carboxylic acids is 2. The highest BCUT2D eigenvalue weighted by atomic mass is 32.2. The summed E-state index contributed by atoms with van der Waals surface area (Å²) in [5.41, 5.74) is 0.565. The van der Waals surface area contributed by atoms with Crippen LogP contribution in [0.4, 0.5) is 5.69 Å². The number of anilines is 1. The number of nitrogens with one attached hydrogen (secondary N) is 1. The number of ether oxygens (including phenoxy) is 1. The van der Waals surface area contributed by atoms with Gasteiger partial charge in [0.1, 0.15) is 11.8 Å². The van der Waals surface area contributed by atoms with E-state index in [-0.39, 0.29) is 24.1 Å². The number of sulfonamides is 1. The molecule has 0 aromatic heterocycles. The molecular formula is C19H29N3O5S. The number of piperidine rings is 1. The van der Waals surface area contributed by atoms with Crippen molar-refractivity contribution in [2.75, 3.05) is 38.3 Å². The maximum absolute atomic E-state index is 12.9. The Bertz CT molecular complexity index is 797. The number of rotatable bonds is 8. The molecule has 0 saturated carbocycles. The molecule has 28 heavy (non-hydrogen) atoms. The van der Waals surface area contributed by atoms with E-state index in [1.807, 2.05) is 0 Å². The Morgan fingerprint density at radius 2 is 2.07 bits per heavy atom. The minimum Gasteiger partial charge on any atom is -0.497 e. The van der Waals surface area contributed by atoms with Gasteiger partial charge in [0.05, 0.1) is 19.4 Å². The lowest BCUT2D eigenvalue weighted by Crippen LogP contribution is -2.53. The second kappa shape index (κ2) is 9.88. The lowest BCUT2D eigenvalue weighted by molar-refractivity contribution is -0.137. The maximum Gasteiger partial charge on any atom is 0.243 e. The molecule has 1 fully saturated rings. The van der Waals surface area contributed by atoms with Crippen molar-refractivity contribution < 1.29 is 22.7 Å². The average Bonchev–Trinajstić information content (AvgIpc) is 2.67. The molecule has 1 aliphatic heterocycles. The lowest BCUT2D eigenvalue weighted by Gasteiger charge is -2.35. The topological polar surface area (TPSA) is 96.0 Å². The first-order valence-electron chi connectivity index (χ1n) is 9.47. The molecule has 2 rings (SSSR count). The summed E-state index contributed by atoms with van der Waals surface area (Å²) in [6.45, 7) is 1.99. The van der Waals surface area contributed by atoms with Crippen LogP contribution in [-0.4, -0.2) is 68.5 Å². The van der Waals surface area contributed by atoms with Gasteiger partial charge >= 0.3 is 0 Å². The van der Waals surface area contributed by atoms with Crippen molar-refractivity contribution in [1.29, 1.82) is 0 Å². The molecule has 1 atom stereocenters. The molecule has 1 heterocycles. The van der Waals surface area contributed by atoms with Crippen molar-refractivity contribution >= 4 is 27.5 Å². The van der Waals surface area contributed by atoms with E-state index < -0.39 is 16.1 Å². The van der Waals surface area contributed by atoms with Crippen LogP contribution in [0.1, 0.15) is 32.6 Å². The molecule has 9 heteroatoms. The van der Waals surface area contributed by atoms with Gasteiger partial charge in [0.25, 0.3) is 0 Å². The van der Waals surface area contributed by atoms with E-state index >= 15 is 0 Å². The summed E-state index contributed by atoms with van der Waals surface area (Å²) < 4.78 is 31.5. The smallest absolute Gasteiger partial charge is 0.243 e. The summed E-state index contributed by atoms with van der Waals surface area (Å²) >= 11 is 0. The largest absolute Gasteiger partial charge is 0.497 e. The number of benzene rings is 1. The third-order valence-electron chi connectivity index (χ3n) is 4.67. The molecule has 1 aromatic carbocycles. The zero-order chi connectivity index (χ0) is 20.7. The predicted molar refractivity (Wildman–Crippen MR) is 108 cm³/mol. The minimum absolute atomic E-state index is 0.0246. The summed E-state index contributed by atoms with van der Waals surface area (Å²) in [5.74, 6) is -0.0687. The van der Waals surface area contributed by atoms with Gasteiger partial charge in [0.2, 0.25) is 21.8 Å². The fourth-order valence-corrected chi connectivity index (χ4v) is 5.05. The van der Waals surface area contributed by atoms with E-state index in [4.69, 9.17) is 4.74 Å². The molecule has 0 spiro atoms. The number of hydrogen-bond acceptors (Lipinski definition) is 5. The molecule has 0 bridgehead atoms. The van der Waals surface area contributed by atoms with Gasteiger partial charge in [-0.15, -0.1) is 0 Å². The van der Waals surface area contributed by atoms with Crippen LogP contribution in [0, 0.1) is 0 Å². The Kier molecular flexibility index (Phi) is 7.82. The van der Waals surface area contributed by atoms with Crippen LogP contribution in [-0.2, 0) is 19.6 Å². The van der Waals surface area contributed by atoms with Crippen LogP contribution < -0.4 is 10.1 Å². The normalized spacial score (nSPS) is 17.8.